The van der Waals surface area contributed by atoms with E-state index in [1.54, 1.807) is 6.07 Å². The molecule has 2 rings (SSSR count). The van der Waals surface area contributed by atoms with Gasteiger partial charge in [-0.15, -0.1) is 0 Å². The number of methoxy groups -OCH3 is 1. The average Bonchev–Trinajstić information content (AvgIpc) is 2.69. The van der Waals surface area contributed by atoms with Crippen molar-refractivity contribution < 1.29 is 19.1 Å². The van der Waals surface area contributed by atoms with Crippen molar-refractivity contribution in [2.75, 3.05) is 7.11 Å². The Balaban J connectivity index is 2.15. The summed E-state index contributed by atoms with van der Waals surface area (Å²) in [6, 6.07) is 12.5. The van der Waals surface area contributed by atoms with Gasteiger partial charge in [-0.1, -0.05) is 53.5 Å². The first-order valence-electron chi connectivity index (χ1n) is 8.02. The fourth-order valence-electron chi connectivity index (χ4n) is 2.24. The van der Waals surface area contributed by atoms with E-state index < -0.39 is 23.4 Å². The second kappa shape index (κ2) is 9.87. The number of amidine groups is 1. The second-order valence-electron chi connectivity index (χ2n) is 5.58. The maximum absolute atomic E-state index is 12.3. The lowest BCUT2D eigenvalue weighted by Crippen LogP contribution is -2.39. The molecular formula is C19H17Cl2N3O4. The Kier molecular flexibility index (Phi) is 7.54. The molecule has 146 valence electrons. The van der Waals surface area contributed by atoms with E-state index in [4.69, 9.17) is 38.8 Å². The van der Waals surface area contributed by atoms with Gasteiger partial charge in [0.15, 0.2) is 11.5 Å². The van der Waals surface area contributed by atoms with Crippen LogP contribution >= 0.6 is 23.2 Å². The highest BCUT2D eigenvalue weighted by Gasteiger charge is 2.21. The van der Waals surface area contributed by atoms with E-state index in [0.29, 0.717) is 5.56 Å². The van der Waals surface area contributed by atoms with Crippen LogP contribution < -0.4 is 10.1 Å². The first kappa shape index (κ1) is 21.4. The van der Waals surface area contributed by atoms with Crippen LogP contribution in [0.15, 0.2) is 42.5 Å². The summed E-state index contributed by atoms with van der Waals surface area (Å²) in [4.78, 5) is 23.5. The molecule has 1 amide bonds. The van der Waals surface area contributed by atoms with Gasteiger partial charge < -0.3 is 14.8 Å². The maximum atomic E-state index is 12.3. The number of nitrogens with one attached hydrogen (secondary N) is 3. The third-order valence-electron chi connectivity index (χ3n) is 3.62. The van der Waals surface area contributed by atoms with E-state index in [2.05, 4.69) is 10.1 Å². The van der Waals surface area contributed by atoms with Crippen molar-refractivity contribution in [3.05, 3.63) is 63.6 Å². The smallest absolute Gasteiger partial charge is 0.359 e. The summed E-state index contributed by atoms with van der Waals surface area (Å²) < 4.78 is 10.1. The van der Waals surface area contributed by atoms with Crippen LogP contribution in [0.2, 0.25) is 10.0 Å². The van der Waals surface area contributed by atoms with Crippen LogP contribution in [-0.2, 0) is 27.4 Å². The lowest BCUT2D eigenvalue weighted by molar-refractivity contribution is -0.132. The van der Waals surface area contributed by atoms with Gasteiger partial charge in [0, 0.05) is 10.6 Å². The molecule has 0 fully saturated rings. The van der Waals surface area contributed by atoms with Gasteiger partial charge in [-0.3, -0.25) is 15.6 Å². The highest BCUT2D eigenvalue weighted by molar-refractivity contribution is 6.64. The molecule has 0 heterocycles. The van der Waals surface area contributed by atoms with Crippen LogP contribution in [0.5, 0.6) is 5.75 Å². The minimum Gasteiger partial charge on any atom is -0.487 e. The SMILES string of the molecule is COC(=O)C(=N)C(=N)NC(=O)Cc1c(Cl)ccc(Cl)c1OCc1ccccc1. The van der Waals surface area contributed by atoms with Crippen LogP contribution in [-0.4, -0.2) is 30.5 Å². The molecule has 7 nitrogen and oxygen atoms in total. The summed E-state index contributed by atoms with van der Waals surface area (Å²) in [7, 11) is 1.08. The first-order valence-corrected chi connectivity index (χ1v) is 8.78. The van der Waals surface area contributed by atoms with Crippen molar-refractivity contribution in [1.29, 1.82) is 10.8 Å². The molecule has 9 heteroatoms. The fraction of sp³-hybridized carbons (Fsp3) is 0.158. The van der Waals surface area contributed by atoms with Crippen molar-refractivity contribution in [1.82, 2.24) is 5.32 Å². The monoisotopic (exact) mass is 421 g/mol. The topological polar surface area (TPSA) is 112 Å². The summed E-state index contributed by atoms with van der Waals surface area (Å²) in [5, 5.41) is 17.8. The Morgan fingerprint density at radius 2 is 1.68 bits per heavy atom. The molecule has 0 radical (unpaired) electrons. The molecule has 2 aromatic carbocycles. The largest absolute Gasteiger partial charge is 0.487 e. The average molecular weight is 422 g/mol. The van der Waals surface area contributed by atoms with Gasteiger partial charge >= 0.3 is 5.97 Å². The van der Waals surface area contributed by atoms with Gasteiger partial charge in [0.2, 0.25) is 5.91 Å². The number of carbonyl (C=O) groups is 2. The molecule has 0 atom stereocenters. The number of carbonyl (C=O) groups excluding carboxylic acids is 2. The number of benzene rings is 2. The molecule has 2 aromatic rings. The summed E-state index contributed by atoms with van der Waals surface area (Å²) in [5.41, 5.74) is 0.468. The lowest BCUT2D eigenvalue weighted by Gasteiger charge is -2.15. The molecule has 0 saturated carbocycles. The third kappa shape index (κ3) is 5.55. The normalized spacial score (nSPS) is 10.1. The molecule has 0 aliphatic carbocycles. The van der Waals surface area contributed by atoms with E-state index in [1.807, 2.05) is 30.3 Å². The predicted octanol–water partition coefficient (Wildman–Crippen LogP) is 3.40. The molecule has 0 unspecified atom stereocenters. The molecule has 28 heavy (non-hydrogen) atoms. The zero-order valence-corrected chi connectivity index (χ0v) is 16.4. The molecular weight excluding hydrogens is 405 g/mol. The van der Waals surface area contributed by atoms with Gasteiger partial charge in [-0.2, -0.15) is 0 Å². The molecule has 0 bridgehead atoms. The summed E-state index contributed by atoms with van der Waals surface area (Å²) in [6.07, 6.45) is -0.264. The van der Waals surface area contributed by atoms with E-state index in [-0.39, 0.29) is 28.8 Å². The van der Waals surface area contributed by atoms with Crippen LogP contribution in [0.25, 0.3) is 0 Å². The standard InChI is InChI=1S/C19H17Cl2N3O4/c1-27-19(26)16(22)18(23)24-15(25)9-12-13(20)7-8-14(21)17(12)28-10-11-5-3-2-4-6-11/h2-8,22H,9-10H2,1H3,(H2,23,24,25). The Morgan fingerprint density at radius 3 is 2.32 bits per heavy atom. The molecule has 0 aliphatic heterocycles. The van der Waals surface area contributed by atoms with Crippen LogP contribution in [0.1, 0.15) is 11.1 Å². The highest BCUT2D eigenvalue weighted by atomic mass is 35.5. The second-order valence-corrected chi connectivity index (χ2v) is 6.39. The van der Waals surface area contributed by atoms with E-state index in [0.717, 1.165) is 12.7 Å². The molecule has 0 aliphatic rings. The highest BCUT2D eigenvalue weighted by Crippen LogP contribution is 2.35. The van der Waals surface area contributed by atoms with Gasteiger partial charge in [-0.25, -0.2) is 4.79 Å². The van der Waals surface area contributed by atoms with Crippen LogP contribution in [0, 0.1) is 10.8 Å². The third-order valence-corrected chi connectivity index (χ3v) is 4.27. The minimum atomic E-state index is -1.03. The van der Waals surface area contributed by atoms with E-state index in [1.165, 1.54) is 6.07 Å². The van der Waals surface area contributed by atoms with Crippen molar-refractivity contribution in [2.45, 2.75) is 13.0 Å². The van der Waals surface area contributed by atoms with E-state index in [9.17, 15) is 9.59 Å². The zero-order chi connectivity index (χ0) is 20.7. The summed E-state index contributed by atoms with van der Waals surface area (Å²) in [5.74, 6) is -2.12. The van der Waals surface area contributed by atoms with Gasteiger partial charge in [0.05, 0.1) is 18.6 Å². The Bertz CT molecular complexity index is 917. The minimum absolute atomic E-state index is 0.221. The van der Waals surface area contributed by atoms with Crippen molar-refractivity contribution in [3.8, 4) is 5.75 Å². The number of esters is 1. The Morgan fingerprint density at radius 1 is 1.04 bits per heavy atom. The van der Waals surface area contributed by atoms with Gasteiger partial charge in [-0.05, 0) is 17.7 Å². The maximum Gasteiger partial charge on any atom is 0.359 e. The fourth-order valence-corrected chi connectivity index (χ4v) is 2.68. The quantitative estimate of drug-likeness (QED) is 0.361. The molecule has 0 saturated heterocycles. The number of halogens is 2. The Labute approximate surface area is 171 Å². The lowest BCUT2D eigenvalue weighted by atomic mass is 10.1. The van der Waals surface area contributed by atoms with Crippen LogP contribution in [0.3, 0.4) is 0 Å². The number of hydrogen-bond acceptors (Lipinski definition) is 6. The zero-order valence-electron chi connectivity index (χ0n) is 14.8. The Hall–Kier alpha value is -2.90. The summed E-state index contributed by atoms with van der Waals surface area (Å²) >= 11 is 12.4. The summed E-state index contributed by atoms with van der Waals surface area (Å²) in [6.45, 7) is 0.221. The molecule has 0 spiro atoms. The van der Waals surface area contributed by atoms with Gasteiger partial charge in [0.25, 0.3) is 0 Å². The number of amides is 1. The number of ether oxygens (including phenoxy) is 2. The van der Waals surface area contributed by atoms with Crippen molar-refractivity contribution in [3.63, 3.8) is 0 Å². The molecule has 0 aromatic heterocycles. The number of hydrogen-bond donors (Lipinski definition) is 3. The van der Waals surface area contributed by atoms with E-state index >= 15 is 0 Å². The van der Waals surface area contributed by atoms with Gasteiger partial charge in [0.1, 0.15) is 12.4 Å². The number of rotatable bonds is 7. The van der Waals surface area contributed by atoms with Crippen molar-refractivity contribution >= 4 is 46.6 Å². The molecule has 3 N–H and O–H groups in total. The predicted molar refractivity (Wildman–Crippen MR) is 107 cm³/mol. The first-order chi connectivity index (χ1) is 13.3. The van der Waals surface area contributed by atoms with Crippen LogP contribution in [0.4, 0.5) is 0 Å². The van der Waals surface area contributed by atoms with Crippen molar-refractivity contribution in [2.24, 2.45) is 0 Å².